The second-order valence-electron chi connectivity index (χ2n) is 7.55. The van der Waals surface area contributed by atoms with E-state index in [2.05, 4.69) is 25.1 Å². The van der Waals surface area contributed by atoms with Crippen molar-refractivity contribution < 1.29 is 14.3 Å². The molecule has 0 aromatic heterocycles. The molecule has 0 bridgehead atoms. The number of ether oxygens (including phenoxy) is 2. The third-order valence-corrected chi connectivity index (χ3v) is 5.46. The molecular formula is C24H31NO3. The Morgan fingerprint density at radius 3 is 2.64 bits per heavy atom. The van der Waals surface area contributed by atoms with Crippen molar-refractivity contribution in [3.63, 3.8) is 0 Å². The number of nitrogens with zero attached hydrogens (tertiary/aromatic N) is 1. The lowest BCUT2D eigenvalue weighted by Gasteiger charge is -2.30. The smallest absolute Gasteiger partial charge is 0.223 e. The molecule has 1 amide bonds. The van der Waals surface area contributed by atoms with Crippen LogP contribution in [0.15, 0.2) is 54.6 Å². The van der Waals surface area contributed by atoms with Crippen molar-refractivity contribution >= 4 is 5.91 Å². The predicted octanol–water partition coefficient (Wildman–Crippen LogP) is 4.61. The largest absolute Gasteiger partial charge is 0.496 e. The van der Waals surface area contributed by atoms with Gasteiger partial charge in [0.15, 0.2) is 0 Å². The highest BCUT2D eigenvalue weighted by molar-refractivity contribution is 5.76. The first-order valence-electron chi connectivity index (χ1n) is 10.2. The Morgan fingerprint density at radius 2 is 1.93 bits per heavy atom. The minimum atomic E-state index is 0.0773. The van der Waals surface area contributed by atoms with Crippen molar-refractivity contribution in [2.24, 2.45) is 0 Å². The molecule has 2 aromatic carbocycles. The Balaban J connectivity index is 1.71. The summed E-state index contributed by atoms with van der Waals surface area (Å²) in [6, 6.07) is 18.3. The number of carbonyl (C=O) groups is 1. The van der Waals surface area contributed by atoms with E-state index in [9.17, 15) is 4.79 Å². The highest BCUT2D eigenvalue weighted by atomic mass is 16.5. The fraction of sp³-hybridized carbons (Fsp3) is 0.458. The van der Waals surface area contributed by atoms with Crippen LogP contribution >= 0.6 is 0 Å². The van der Waals surface area contributed by atoms with Crippen molar-refractivity contribution in [2.45, 2.75) is 57.7 Å². The van der Waals surface area contributed by atoms with Crippen LogP contribution in [0.25, 0.3) is 0 Å². The zero-order chi connectivity index (χ0) is 19.8. The Bertz CT molecular complexity index is 741. The van der Waals surface area contributed by atoms with E-state index in [1.54, 1.807) is 7.11 Å². The number of amides is 1. The fourth-order valence-electron chi connectivity index (χ4n) is 3.87. The van der Waals surface area contributed by atoms with Gasteiger partial charge in [-0.05, 0) is 49.8 Å². The van der Waals surface area contributed by atoms with E-state index in [-0.39, 0.29) is 18.1 Å². The lowest BCUT2D eigenvalue weighted by Crippen LogP contribution is -2.39. The molecule has 4 heteroatoms. The van der Waals surface area contributed by atoms with Gasteiger partial charge in [0.05, 0.1) is 13.2 Å². The van der Waals surface area contributed by atoms with Crippen molar-refractivity contribution in [3.05, 3.63) is 65.7 Å². The standard InChI is InChI=1S/C24H31NO3/c1-19(17-21-11-6-7-13-23(21)27-2)25(18-20-9-4-3-5-10-20)24(26)15-14-22-12-8-16-28-22/h3-7,9-11,13,19,22H,8,12,14-18H2,1-2H3. The van der Waals surface area contributed by atoms with Crippen molar-refractivity contribution in [1.29, 1.82) is 0 Å². The van der Waals surface area contributed by atoms with E-state index >= 15 is 0 Å². The molecule has 3 rings (SSSR count). The van der Waals surface area contributed by atoms with Gasteiger partial charge in [-0.2, -0.15) is 0 Å². The van der Waals surface area contributed by atoms with Gasteiger partial charge in [0, 0.05) is 25.6 Å². The van der Waals surface area contributed by atoms with Gasteiger partial charge < -0.3 is 14.4 Å². The fourth-order valence-corrected chi connectivity index (χ4v) is 3.87. The van der Waals surface area contributed by atoms with Gasteiger partial charge in [-0.3, -0.25) is 4.79 Å². The van der Waals surface area contributed by atoms with Crippen LogP contribution in [-0.4, -0.2) is 36.7 Å². The summed E-state index contributed by atoms with van der Waals surface area (Å²) in [4.78, 5) is 15.1. The zero-order valence-electron chi connectivity index (χ0n) is 17.0. The number of hydrogen-bond acceptors (Lipinski definition) is 3. The lowest BCUT2D eigenvalue weighted by atomic mass is 10.0. The molecule has 0 saturated carbocycles. The van der Waals surface area contributed by atoms with Crippen LogP contribution in [0.1, 0.15) is 43.7 Å². The van der Waals surface area contributed by atoms with E-state index < -0.39 is 0 Å². The van der Waals surface area contributed by atoms with E-state index in [4.69, 9.17) is 9.47 Å². The number of methoxy groups -OCH3 is 1. The summed E-state index contributed by atoms with van der Waals surface area (Å²) in [5.41, 5.74) is 2.28. The van der Waals surface area contributed by atoms with Crippen LogP contribution in [-0.2, 0) is 22.5 Å². The van der Waals surface area contributed by atoms with Crippen LogP contribution < -0.4 is 4.74 Å². The van der Waals surface area contributed by atoms with Gasteiger partial charge in [-0.15, -0.1) is 0 Å². The van der Waals surface area contributed by atoms with Crippen LogP contribution in [0, 0.1) is 0 Å². The molecule has 2 aromatic rings. The Morgan fingerprint density at radius 1 is 1.18 bits per heavy atom. The van der Waals surface area contributed by atoms with Crippen molar-refractivity contribution in [1.82, 2.24) is 4.90 Å². The SMILES string of the molecule is COc1ccccc1CC(C)N(Cc1ccccc1)C(=O)CCC1CCCO1. The van der Waals surface area contributed by atoms with E-state index in [0.717, 1.165) is 49.2 Å². The predicted molar refractivity (Wildman–Crippen MR) is 111 cm³/mol. The minimum Gasteiger partial charge on any atom is -0.496 e. The summed E-state index contributed by atoms with van der Waals surface area (Å²) >= 11 is 0. The van der Waals surface area contributed by atoms with Crippen LogP contribution in [0.2, 0.25) is 0 Å². The number of benzene rings is 2. The maximum atomic E-state index is 13.1. The van der Waals surface area contributed by atoms with Gasteiger partial charge in [-0.25, -0.2) is 0 Å². The molecule has 0 spiro atoms. The lowest BCUT2D eigenvalue weighted by molar-refractivity contribution is -0.134. The maximum absolute atomic E-state index is 13.1. The molecule has 2 atom stereocenters. The van der Waals surface area contributed by atoms with Gasteiger partial charge in [0.25, 0.3) is 0 Å². The third-order valence-electron chi connectivity index (χ3n) is 5.46. The van der Waals surface area contributed by atoms with E-state index in [1.807, 2.05) is 41.3 Å². The zero-order valence-corrected chi connectivity index (χ0v) is 17.0. The molecule has 28 heavy (non-hydrogen) atoms. The second kappa shape index (κ2) is 10.3. The summed E-state index contributed by atoms with van der Waals surface area (Å²) < 4.78 is 11.2. The van der Waals surface area contributed by atoms with Gasteiger partial charge in [0.2, 0.25) is 5.91 Å². The quantitative estimate of drug-likeness (QED) is 0.636. The normalized spacial score (nSPS) is 17.3. The molecule has 0 aliphatic carbocycles. The molecule has 1 heterocycles. The first-order chi connectivity index (χ1) is 13.7. The van der Waals surface area contributed by atoms with Crippen LogP contribution in [0.4, 0.5) is 0 Å². The molecule has 150 valence electrons. The molecule has 1 aliphatic rings. The number of para-hydroxylation sites is 1. The molecule has 1 fully saturated rings. The molecule has 0 N–H and O–H groups in total. The summed E-state index contributed by atoms with van der Waals surface area (Å²) in [6.07, 6.45) is 4.54. The van der Waals surface area contributed by atoms with Crippen molar-refractivity contribution in [2.75, 3.05) is 13.7 Å². The van der Waals surface area contributed by atoms with Gasteiger partial charge >= 0.3 is 0 Å². The molecule has 0 radical (unpaired) electrons. The number of hydrogen-bond donors (Lipinski definition) is 0. The summed E-state index contributed by atoms with van der Waals surface area (Å²) in [5, 5.41) is 0. The third kappa shape index (κ3) is 5.59. The minimum absolute atomic E-state index is 0.0773. The first kappa shape index (κ1) is 20.4. The second-order valence-corrected chi connectivity index (χ2v) is 7.55. The molecule has 2 unspecified atom stereocenters. The molecular weight excluding hydrogens is 350 g/mol. The van der Waals surface area contributed by atoms with Crippen LogP contribution in [0.5, 0.6) is 5.75 Å². The highest BCUT2D eigenvalue weighted by Gasteiger charge is 2.24. The topological polar surface area (TPSA) is 38.8 Å². The Kier molecular flexibility index (Phi) is 7.49. The van der Waals surface area contributed by atoms with Crippen molar-refractivity contribution in [3.8, 4) is 5.75 Å². The Labute approximate surface area is 168 Å². The van der Waals surface area contributed by atoms with Crippen LogP contribution in [0.3, 0.4) is 0 Å². The summed E-state index contributed by atoms with van der Waals surface area (Å²) in [6.45, 7) is 3.58. The monoisotopic (exact) mass is 381 g/mol. The average Bonchev–Trinajstić information content (AvgIpc) is 3.25. The summed E-state index contributed by atoms with van der Waals surface area (Å²) in [7, 11) is 1.69. The van der Waals surface area contributed by atoms with Gasteiger partial charge in [-0.1, -0.05) is 48.5 Å². The van der Waals surface area contributed by atoms with Gasteiger partial charge in [0.1, 0.15) is 5.75 Å². The molecule has 1 saturated heterocycles. The molecule has 1 aliphatic heterocycles. The van der Waals surface area contributed by atoms with E-state index in [1.165, 1.54) is 0 Å². The maximum Gasteiger partial charge on any atom is 0.223 e. The highest BCUT2D eigenvalue weighted by Crippen LogP contribution is 2.23. The molecule has 4 nitrogen and oxygen atoms in total. The Hall–Kier alpha value is -2.33. The van der Waals surface area contributed by atoms with E-state index in [0.29, 0.717) is 13.0 Å². The first-order valence-corrected chi connectivity index (χ1v) is 10.2. The average molecular weight is 382 g/mol. The number of rotatable bonds is 9. The summed E-state index contributed by atoms with van der Waals surface area (Å²) in [5.74, 6) is 1.07. The number of carbonyl (C=O) groups excluding carboxylic acids is 1.